The van der Waals surface area contributed by atoms with E-state index < -0.39 is 5.63 Å². The SMILES string of the molecule is [C-]#[N+]C(C#N)=C(C(=C=[N-])C=CC=c1c(=O)oc(=CC=CC=C(C#N)C(=C(C#N)[N+]#[C-])c2ccccc2)n1C)c1ccccc1. The first kappa shape index (κ1) is 31.3. The molecule has 9 nitrogen and oxygen atoms in total. The Morgan fingerprint density at radius 2 is 1.41 bits per heavy atom. The summed E-state index contributed by atoms with van der Waals surface area (Å²) in [5, 5.41) is 38.6. The largest absolute Gasteiger partial charge is 0.763 e. The van der Waals surface area contributed by atoms with Gasteiger partial charge in [-0.3, -0.25) is 5.87 Å². The number of hydrogen-bond acceptors (Lipinski definition) is 5. The number of nitrogens with zero attached hydrogens (tertiary/aromatic N) is 7. The standard InChI is InChI=1S/C35H20N7O2/c1-40-29(23-38)33(25-13-6-4-7-14-25)27(21-36)17-10-11-20-32-42(3)31(35(43)44-32)19-12-18-28(22-37)34(30(24-39)41-2)26-15-8-5-9-16-26/h4-20H,3H3/q-1. The lowest BCUT2D eigenvalue weighted by Gasteiger charge is -2.09. The molecule has 1 heterocycles. The number of hydrogen-bond donors (Lipinski definition) is 0. The van der Waals surface area contributed by atoms with Crippen molar-refractivity contribution in [1.29, 1.82) is 15.8 Å². The predicted octanol–water partition coefficient (Wildman–Crippen LogP) is 4.98. The van der Waals surface area contributed by atoms with E-state index in [2.05, 4.69) is 9.69 Å². The maximum atomic E-state index is 12.6. The van der Waals surface area contributed by atoms with Gasteiger partial charge in [-0.2, -0.15) is 5.26 Å². The van der Waals surface area contributed by atoms with Gasteiger partial charge in [-0.15, -0.1) is 0 Å². The van der Waals surface area contributed by atoms with Crippen molar-refractivity contribution in [2.75, 3.05) is 0 Å². The van der Waals surface area contributed by atoms with Crippen LogP contribution < -0.4 is 16.5 Å². The first-order valence-corrected chi connectivity index (χ1v) is 12.7. The number of oxazole rings is 1. The minimum absolute atomic E-state index is 0.0649. The topological polar surface area (TPSA) is 138 Å². The van der Waals surface area contributed by atoms with Crippen molar-refractivity contribution in [3.63, 3.8) is 0 Å². The summed E-state index contributed by atoms with van der Waals surface area (Å²) in [6, 6.07) is 23.0. The van der Waals surface area contributed by atoms with Gasteiger partial charge in [0.25, 0.3) is 11.4 Å². The van der Waals surface area contributed by atoms with Crippen LogP contribution in [0.1, 0.15) is 11.1 Å². The lowest BCUT2D eigenvalue weighted by atomic mass is 9.96. The molecule has 0 aliphatic heterocycles. The van der Waals surface area contributed by atoms with Crippen molar-refractivity contribution in [3.05, 3.63) is 174 Å². The van der Waals surface area contributed by atoms with Crippen LogP contribution in [0.2, 0.25) is 0 Å². The summed E-state index contributed by atoms with van der Waals surface area (Å²) in [5.41, 5.74) is 0.719. The molecule has 0 radical (unpaired) electrons. The van der Waals surface area contributed by atoms with E-state index in [1.54, 1.807) is 67.7 Å². The van der Waals surface area contributed by atoms with Crippen LogP contribution in [-0.4, -0.2) is 10.4 Å². The number of nitriles is 3. The maximum Gasteiger partial charge on any atom is 0.361 e. The molecule has 3 rings (SSSR count). The highest BCUT2D eigenvalue weighted by Gasteiger charge is 2.14. The van der Waals surface area contributed by atoms with Crippen LogP contribution in [0.4, 0.5) is 0 Å². The number of benzene rings is 2. The molecule has 0 N–H and O–H groups in total. The van der Waals surface area contributed by atoms with E-state index >= 15 is 0 Å². The van der Waals surface area contributed by atoms with Crippen molar-refractivity contribution in [2.45, 2.75) is 0 Å². The average Bonchev–Trinajstić information content (AvgIpc) is 3.33. The Balaban J connectivity index is 1.99. The van der Waals surface area contributed by atoms with Crippen LogP contribution in [0.3, 0.4) is 0 Å². The highest BCUT2D eigenvalue weighted by molar-refractivity contribution is 5.95. The summed E-state index contributed by atoms with van der Waals surface area (Å²) in [5.74, 6) is 2.02. The van der Waals surface area contributed by atoms with Gasteiger partial charge in [0.2, 0.25) is 5.55 Å². The van der Waals surface area contributed by atoms with Crippen molar-refractivity contribution >= 4 is 29.2 Å². The van der Waals surface area contributed by atoms with Gasteiger partial charge in [-0.05, 0) is 41.0 Å². The van der Waals surface area contributed by atoms with Gasteiger partial charge in [0, 0.05) is 18.2 Å². The summed E-state index contributed by atoms with van der Waals surface area (Å²) >= 11 is 0. The summed E-state index contributed by atoms with van der Waals surface area (Å²) < 4.78 is 6.82. The summed E-state index contributed by atoms with van der Waals surface area (Å²) in [4.78, 5) is 19.1. The van der Waals surface area contributed by atoms with Crippen molar-refractivity contribution in [1.82, 2.24) is 4.57 Å². The molecular formula is C35H20N7O2-. The van der Waals surface area contributed by atoms with Crippen molar-refractivity contribution in [2.24, 2.45) is 7.05 Å². The van der Waals surface area contributed by atoms with Crippen LogP contribution in [0.15, 0.2) is 123 Å². The van der Waals surface area contributed by atoms with E-state index in [4.69, 9.17) is 17.6 Å². The van der Waals surface area contributed by atoms with E-state index in [0.717, 1.165) is 0 Å². The van der Waals surface area contributed by atoms with Crippen LogP contribution >= 0.6 is 0 Å². The van der Waals surface area contributed by atoms with Gasteiger partial charge in [0.15, 0.2) is 0 Å². The third-order valence-electron chi connectivity index (χ3n) is 6.04. The second-order valence-corrected chi connectivity index (χ2v) is 8.59. The molecule has 0 amide bonds. The van der Waals surface area contributed by atoms with E-state index in [-0.39, 0.29) is 44.6 Å². The van der Waals surface area contributed by atoms with Crippen LogP contribution in [0, 0.1) is 47.1 Å². The number of aromatic nitrogens is 1. The first-order chi connectivity index (χ1) is 21.4. The van der Waals surface area contributed by atoms with Gasteiger partial charge in [0.1, 0.15) is 5.35 Å². The summed E-state index contributed by atoms with van der Waals surface area (Å²) in [6.07, 6.45) is 10.3. The molecule has 3 aromatic rings. The van der Waals surface area contributed by atoms with Crippen LogP contribution in [0.5, 0.6) is 0 Å². The summed E-state index contributed by atoms with van der Waals surface area (Å²) in [6.45, 7) is 14.7. The summed E-state index contributed by atoms with van der Waals surface area (Å²) in [7, 11) is 1.60. The number of allylic oxidation sites excluding steroid dienone is 11. The lowest BCUT2D eigenvalue weighted by Crippen LogP contribution is -2.29. The monoisotopic (exact) mass is 570 g/mol. The second-order valence-electron chi connectivity index (χ2n) is 8.59. The molecule has 0 spiro atoms. The Hall–Kier alpha value is -7.21. The van der Waals surface area contributed by atoms with Gasteiger partial charge >= 0.3 is 5.63 Å². The molecular weight excluding hydrogens is 550 g/mol. The van der Waals surface area contributed by atoms with Gasteiger partial charge in [-0.1, -0.05) is 78.9 Å². The third kappa shape index (κ3) is 7.30. The third-order valence-corrected chi connectivity index (χ3v) is 6.04. The van der Waals surface area contributed by atoms with Crippen molar-refractivity contribution in [3.8, 4) is 18.2 Å². The Bertz CT molecular complexity index is 2150. The van der Waals surface area contributed by atoms with E-state index in [1.807, 2.05) is 24.1 Å². The van der Waals surface area contributed by atoms with Gasteiger partial charge < -0.3 is 14.4 Å². The minimum atomic E-state index is -0.647. The molecule has 0 bridgehead atoms. The Kier molecular flexibility index (Phi) is 11.1. The second kappa shape index (κ2) is 15.5. The smallest absolute Gasteiger partial charge is 0.361 e. The van der Waals surface area contributed by atoms with E-state index in [0.29, 0.717) is 11.1 Å². The van der Waals surface area contributed by atoms with Gasteiger partial charge in [-0.25, -0.2) is 25.0 Å². The fourth-order valence-corrected chi connectivity index (χ4v) is 4.00. The molecule has 2 aromatic carbocycles. The normalized spacial score (nSPS) is 13.1. The molecule has 0 aliphatic rings. The molecule has 1 aromatic heterocycles. The van der Waals surface area contributed by atoms with Crippen molar-refractivity contribution < 1.29 is 4.42 Å². The Morgan fingerprint density at radius 1 is 0.841 bits per heavy atom. The first-order valence-electron chi connectivity index (χ1n) is 12.7. The van der Waals surface area contributed by atoms with Crippen LogP contribution in [-0.2, 0) is 7.05 Å². The Labute approximate surface area is 253 Å². The molecule has 208 valence electrons. The maximum absolute atomic E-state index is 12.6. The highest BCUT2D eigenvalue weighted by atomic mass is 16.4. The molecule has 0 aliphatic carbocycles. The average molecular weight is 571 g/mol. The molecule has 0 saturated heterocycles. The fraction of sp³-hybridized carbons (Fsp3) is 0.0286. The van der Waals surface area contributed by atoms with E-state index in [9.17, 15) is 26.0 Å². The van der Waals surface area contributed by atoms with Gasteiger partial charge in [0.05, 0.1) is 36.9 Å². The molecule has 9 heteroatoms. The zero-order valence-corrected chi connectivity index (χ0v) is 23.3. The predicted molar refractivity (Wildman–Crippen MR) is 167 cm³/mol. The zero-order chi connectivity index (χ0) is 31.9. The van der Waals surface area contributed by atoms with E-state index in [1.165, 1.54) is 47.1 Å². The zero-order valence-electron chi connectivity index (χ0n) is 23.3. The lowest BCUT2D eigenvalue weighted by molar-refractivity contribution is 0.472. The molecule has 44 heavy (non-hydrogen) atoms. The molecule has 0 atom stereocenters. The minimum Gasteiger partial charge on any atom is -0.763 e. The fourth-order valence-electron chi connectivity index (χ4n) is 4.00. The Morgan fingerprint density at radius 3 is 1.93 bits per heavy atom. The molecule has 0 unspecified atom stereocenters. The molecule has 0 fully saturated rings. The van der Waals surface area contributed by atoms with Crippen LogP contribution in [0.25, 0.3) is 38.4 Å². The highest BCUT2D eigenvalue weighted by Crippen LogP contribution is 2.28. The number of rotatable bonds is 8. The molecule has 0 saturated carbocycles. The quantitative estimate of drug-likeness (QED) is 0.163.